The zero-order valence-corrected chi connectivity index (χ0v) is 20.2. The number of benzene rings is 1. The maximum absolute atomic E-state index is 13.9. The lowest BCUT2D eigenvalue weighted by Gasteiger charge is -2.42. The lowest BCUT2D eigenvalue weighted by Crippen LogP contribution is -2.64. The van der Waals surface area contributed by atoms with Gasteiger partial charge < -0.3 is 13.9 Å². The molecule has 0 unspecified atom stereocenters. The summed E-state index contributed by atoms with van der Waals surface area (Å²) in [5, 5.41) is 0. The van der Waals surface area contributed by atoms with Crippen LogP contribution in [0.3, 0.4) is 0 Å². The molecule has 0 radical (unpaired) electrons. The molecule has 2 rings (SSSR count). The number of hydrogen-bond donors (Lipinski definition) is 0. The number of alkyl halides is 3. The number of carbonyl (C=O) groups excluding carboxylic acids is 1. The fourth-order valence-corrected chi connectivity index (χ4v) is 5.00. The summed E-state index contributed by atoms with van der Waals surface area (Å²) in [4.78, 5) is 13.9. The number of halogens is 3. The molecule has 1 aromatic rings. The standard InChI is InChI=1S/C20H30F3NO4Si/c1-16(2,3)14-11-9-8-10-13(14)12-26-15(25)24-17(4,5)19(28-29,20(21,22)23)27-18(24,6)7/h8-11H,12H2,1-7,29H3/t19-/m0/s1. The minimum Gasteiger partial charge on any atom is -0.444 e. The van der Waals surface area contributed by atoms with Crippen molar-refractivity contribution >= 4 is 16.6 Å². The molecular weight excluding hydrogens is 403 g/mol. The normalized spacial score (nSPS) is 24.0. The fraction of sp³-hybridized carbons (Fsp3) is 0.650. The van der Waals surface area contributed by atoms with E-state index in [0.29, 0.717) is 0 Å². The van der Waals surface area contributed by atoms with Crippen LogP contribution < -0.4 is 0 Å². The van der Waals surface area contributed by atoms with Crippen molar-refractivity contribution in [3.8, 4) is 0 Å². The van der Waals surface area contributed by atoms with E-state index in [2.05, 4.69) is 0 Å². The molecule has 164 valence electrons. The first-order valence-electron chi connectivity index (χ1n) is 9.39. The summed E-state index contributed by atoms with van der Waals surface area (Å²) in [7, 11) is -0.224. The summed E-state index contributed by atoms with van der Waals surface area (Å²) >= 11 is 0. The predicted molar refractivity (Wildman–Crippen MR) is 106 cm³/mol. The molecule has 0 aromatic heterocycles. The maximum Gasteiger partial charge on any atom is 0.444 e. The van der Waals surface area contributed by atoms with Crippen molar-refractivity contribution in [2.24, 2.45) is 0 Å². The van der Waals surface area contributed by atoms with E-state index in [1.165, 1.54) is 27.7 Å². The molecule has 1 saturated heterocycles. The van der Waals surface area contributed by atoms with Gasteiger partial charge in [-0.3, -0.25) is 4.90 Å². The zero-order valence-electron chi connectivity index (χ0n) is 18.2. The topological polar surface area (TPSA) is 48.0 Å². The lowest BCUT2D eigenvalue weighted by molar-refractivity contribution is -0.366. The van der Waals surface area contributed by atoms with Gasteiger partial charge >= 0.3 is 12.3 Å². The van der Waals surface area contributed by atoms with Crippen LogP contribution in [0.2, 0.25) is 0 Å². The van der Waals surface area contributed by atoms with Gasteiger partial charge in [0.2, 0.25) is 0 Å². The van der Waals surface area contributed by atoms with Gasteiger partial charge in [0.05, 0.1) is 0 Å². The zero-order chi connectivity index (χ0) is 22.5. The molecule has 5 nitrogen and oxygen atoms in total. The number of nitrogens with zero attached hydrogens (tertiary/aromatic N) is 1. The van der Waals surface area contributed by atoms with Crippen molar-refractivity contribution in [3.63, 3.8) is 0 Å². The molecule has 1 aliphatic heterocycles. The first-order valence-corrected chi connectivity index (χ1v) is 10.2. The Morgan fingerprint density at radius 1 is 1.14 bits per heavy atom. The first-order chi connectivity index (χ1) is 13.0. The number of hydrogen-bond acceptors (Lipinski definition) is 4. The third-order valence-electron chi connectivity index (χ3n) is 5.32. The molecule has 0 spiro atoms. The number of ether oxygens (including phenoxy) is 2. The first kappa shape index (κ1) is 23.7. The second-order valence-electron chi connectivity index (χ2n) is 9.22. The number of amides is 1. The van der Waals surface area contributed by atoms with Crippen LogP contribution in [0.1, 0.15) is 59.6 Å². The van der Waals surface area contributed by atoms with Gasteiger partial charge in [-0.2, -0.15) is 13.2 Å². The van der Waals surface area contributed by atoms with Gasteiger partial charge in [-0.05, 0) is 44.2 Å². The maximum atomic E-state index is 13.9. The fourth-order valence-electron chi connectivity index (χ4n) is 4.18. The van der Waals surface area contributed by atoms with Crippen molar-refractivity contribution in [2.45, 2.75) is 83.7 Å². The van der Waals surface area contributed by atoms with Gasteiger partial charge in [-0.25, -0.2) is 4.79 Å². The smallest absolute Gasteiger partial charge is 0.444 e. The van der Waals surface area contributed by atoms with E-state index >= 15 is 0 Å². The van der Waals surface area contributed by atoms with Crippen LogP contribution in [-0.4, -0.2) is 44.7 Å². The Morgan fingerprint density at radius 2 is 1.69 bits per heavy atom. The van der Waals surface area contributed by atoms with Gasteiger partial charge in [-0.1, -0.05) is 45.0 Å². The molecule has 29 heavy (non-hydrogen) atoms. The molecule has 1 heterocycles. The van der Waals surface area contributed by atoms with Crippen LogP contribution >= 0.6 is 0 Å². The molecule has 1 atom stereocenters. The molecule has 0 aliphatic carbocycles. The average molecular weight is 434 g/mol. The Bertz CT molecular complexity index is 774. The van der Waals surface area contributed by atoms with Gasteiger partial charge in [0.1, 0.15) is 28.4 Å². The van der Waals surface area contributed by atoms with Crippen molar-refractivity contribution in [1.29, 1.82) is 0 Å². The highest BCUT2D eigenvalue weighted by atomic mass is 28.2. The van der Waals surface area contributed by atoms with E-state index in [1.54, 1.807) is 0 Å². The summed E-state index contributed by atoms with van der Waals surface area (Å²) in [6.07, 6.45) is -5.72. The average Bonchev–Trinajstić information content (AvgIpc) is 2.73. The molecule has 1 amide bonds. The van der Waals surface area contributed by atoms with E-state index in [-0.39, 0.29) is 22.5 Å². The Labute approximate surface area is 173 Å². The number of rotatable bonds is 3. The molecule has 0 saturated carbocycles. The third-order valence-corrected chi connectivity index (χ3v) is 5.89. The van der Waals surface area contributed by atoms with E-state index in [9.17, 15) is 18.0 Å². The van der Waals surface area contributed by atoms with Gasteiger partial charge in [0.25, 0.3) is 5.79 Å². The second-order valence-corrected chi connectivity index (χ2v) is 9.63. The minimum atomic E-state index is -4.83. The third kappa shape index (κ3) is 3.92. The van der Waals surface area contributed by atoms with Crippen LogP contribution in [0.15, 0.2) is 24.3 Å². The summed E-state index contributed by atoms with van der Waals surface area (Å²) in [6.45, 7) is 11.4. The Hall–Kier alpha value is -1.58. The molecule has 0 bridgehead atoms. The Morgan fingerprint density at radius 3 is 2.14 bits per heavy atom. The Kier molecular flexibility index (Phi) is 5.95. The SMILES string of the molecule is CC(C)(C)c1ccccc1COC(=O)N1C(C)(C)O[C@@](O[SiH3])(C(F)(F)F)C1(C)C. The summed E-state index contributed by atoms with van der Waals surface area (Å²) in [5.41, 5.74) is -1.80. The predicted octanol–water partition coefficient (Wildman–Crippen LogP) is 4.02. The highest BCUT2D eigenvalue weighted by molar-refractivity contribution is 5.98. The summed E-state index contributed by atoms with van der Waals surface area (Å²) in [6, 6.07) is 7.51. The van der Waals surface area contributed by atoms with Gasteiger partial charge in [0, 0.05) is 0 Å². The van der Waals surface area contributed by atoms with E-state index in [4.69, 9.17) is 13.9 Å². The molecule has 0 N–H and O–H groups in total. The van der Waals surface area contributed by atoms with E-state index in [1.807, 2.05) is 45.0 Å². The van der Waals surface area contributed by atoms with Crippen LogP contribution in [0, 0.1) is 0 Å². The van der Waals surface area contributed by atoms with Crippen molar-refractivity contribution in [3.05, 3.63) is 35.4 Å². The monoisotopic (exact) mass is 433 g/mol. The highest BCUT2D eigenvalue weighted by Crippen LogP contribution is 2.54. The van der Waals surface area contributed by atoms with E-state index in [0.717, 1.165) is 16.0 Å². The van der Waals surface area contributed by atoms with Gasteiger partial charge in [-0.15, -0.1) is 0 Å². The van der Waals surface area contributed by atoms with Crippen molar-refractivity contribution < 1.29 is 31.9 Å². The van der Waals surface area contributed by atoms with E-state index < -0.39 is 29.3 Å². The van der Waals surface area contributed by atoms with Crippen LogP contribution in [0.5, 0.6) is 0 Å². The van der Waals surface area contributed by atoms with Gasteiger partial charge in [0.15, 0.2) is 0 Å². The van der Waals surface area contributed by atoms with Crippen molar-refractivity contribution in [1.82, 2.24) is 4.90 Å². The van der Waals surface area contributed by atoms with Crippen LogP contribution in [-0.2, 0) is 25.9 Å². The summed E-state index contributed by atoms with van der Waals surface area (Å²) in [5.74, 6) is -2.92. The molecule has 1 aromatic carbocycles. The van der Waals surface area contributed by atoms with Crippen LogP contribution in [0.4, 0.5) is 18.0 Å². The molecule has 9 heteroatoms. The highest BCUT2D eigenvalue weighted by Gasteiger charge is 2.76. The second kappa shape index (κ2) is 7.28. The molecule has 1 aliphatic rings. The number of carbonyl (C=O) groups is 1. The lowest BCUT2D eigenvalue weighted by atomic mass is 9.84. The Balaban J connectivity index is 2.34. The summed E-state index contributed by atoms with van der Waals surface area (Å²) < 4.78 is 57.5. The van der Waals surface area contributed by atoms with Crippen LogP contribution in [0.25, 0.3) is 0 Å². The largest absolute Gasteiger partial charge is 0.444 e. The quantitative estimate of drug-likeness (QED) is 0.676. The molecular formula is C20H30F3NO4Si. The van der Waals surface area contributed by atoms with Crippen molar-refractivity contribution in [2.75, 3.05) is 0 Å². The minimum absolute atomic E-state index is 0.0598. The molecule has 1 fully saturated rings.